The average Bonchev–Trinajstić information content (AvgIpc) is 2.23. The fourth-order valence-electron chi connectivity index (χ4n) is 1.82. The quantitative estimate of drug-likeness (QED) is 0.843. The van der Waals surface area contributed by atoms with Crippen molar-refractivity contribution in [1.29, 1.82) is 0 Å². The first-order chi connectivity index (χ1) is 7.58. The van der Waals surface area contributed by atoms with Crippen LogP contribution in [0.15, 0.2) is 18.2 Å². The van der Waals surface area contributed by atoms with Gasteiger partial charge in [-0.2, -0.15) is 0 Å². The number of carbonyl (C=O) groups excluding carboxylic acids is 1. The van der Waals surface area contributed by atoms with E-state index < -0.39 is 0 Å². The van der Waals surface area contributed by atoms with Crippen molar-refractivity contribution < 1.29 is 4.79 Å². The molecule has 0 saturated heterocycles. The third kappa shape index (κ3) is 3.07. The van der Waals surface area contributed by atoms with Gasteiger partial charge in [0, 0.05) is 25.2 Å². The lowest BCUT2D eigenvalue weighted by molar-refractivity contribution is -0.118. The van der Waals surface area contributed by atoms with Crippen LogP contribution in [0.2, 0.25) is 0 Å². The Balaban J connectivity index is 3.04. The molecule has 0 bridgehead atoms. The molecule has 0 saturated carbocycles. The highest BCUT2D eigenvalue weighted by Crippen LogP contribution is 2.19. The molecule has 1 amide bonds. The Hall–Kier alpha value is -1.35. The number of anilines is 1. The molecule has 1 aromatic rings. The number of amides is 1. The average molecular weight is 220 g/mol. The van der Waals surface area contributed by atoms with Gasteiger partial charge < -0.3 is 10.6 Å². The number of rotatable bonds is 4. The maximum atomic E-state index is 11.8. The van der Waals surface area contributed by atoms with Gasteiger partial charge in [0.15, 0.2) is 0 Å². The Morgan fingerprint density at radius 2 is 1.81 bits per heavy atom. The maximum absolute atomic E-state index is 11.8. The van der Waals surface area contributed by atoms with E-state index in [1.807, 2.05) is 32.9 Å². The van der Waals surface area contributed by atoms with Gasteiger partial charge in [-0.3, -0.25) is 4.79 Å². The zero-order valence-corrected chi connectivity index (χ0v) is 10.3. The van der Waals surface area contributed by atoms with Crippen LogP contribution in [0.5, 0.6) is 0 Å². The minimum Gasteiger partial charge on any atom is -0.329 e. The molecule has 0 heterocycles. The molecule has 3 nitrogen and oxygen atoms in total. The Kier molecular flexibility index (Phi) is 4.50. The fourth-order valence-corrected chi connectivity index (χ4v) is 1.82. The summed E-state index contributed by atoms with van der Waals surface area (Å²) < 4.78 is 0. The summed E-state index contributed by atoms with van der Waals surface area (Å²) in [6.07, 6.45) is 0.507. The number of hydrogen-bond acceptors (Lipinski definition) is 2. The summed E-state index contributed by atoms with van der Waals surface area (Å²) in [7, 11) is 0. The highest BCUT2D eigenvalue weighted by Gasteiger charge is 2.13. The third-order valence-electron chi connectivity index (χ3n) is 2.47. The number of benzene rings is 1. The van der Waals surface area contributed by atoms with Crippen molar-refractivity contribution in [3.63, 3.8) is 0 Å². The van der Waals surface area contributed by atoms with E-state index in [-0.39, 0.29) is 5.91 Å². The molecule has 0 atom stereocenters. The standard InChI is InChI=1S/C13H20N2O/c1-4-13(16)15(6-5-14)12-8-10(2)7-11(3)9-12/h7-9H,4-6,14H2,1-3H3. The van der Waals surface area contributed by atoms with Crippen LogP contribution in [0.1, 0.15) is 24.5 Å². The second-order valence-corrected chi connectivity index (χ2v) is 4.03. The first-order valence-corrected chi connectivity index (χ1v) is 5.67. The molecule has 1 aromatic carbocycles. The van der Waals surface area contributed by atoms with Crippen LogP contribution in [0.3, 0.4) is 0 Å². The van der Waals surface area contributed by atoms with Gasteiger partial charge in [0.25, 0.3) is 0 Å². The molecule has 2 N–H and O–H groups in total. The van der Waals surface area contributed by atoms with E-state index >= 15 is 0 Å². The molecule has 0 aliphatic carbocycles. The fraction of sp³-hybridized carbons (Fsp3) is 0.462. The van der Waals surface area contributed by atoms with Gasteiger partial charge in [-0.15, -0.1) is 0 Å². The zero-order valence-electron chi connectivity index (χ0n) is 10.3. The predicted octanol–water partition coefficient (Wildman–Crippen LogP) is 2.01. The van der Waals surface area contributed by atoms with Gasteiger partial charge >= 0.3 is 0 Å². The molecule has 0 spiro atoms. The van der Waals surface area contributed by atoms with Crippen LogP contribution >= 0.6 is 0 Å². The summed E-state index contributed by atoms with van der Waals surface area (Å²) in [6, 6.07) is 6.15. The van der Waals surface area contributed by atoms with Crippen LogP contribution in [-0.2, 0) is 4.79 Å². The minimum atomic E-state index is 0.121. The van der Waals surface area contributed by atoms with Gasteiger partial charge in [-0.1, -0.05) is 13.0 Å². The smallest absolute Gasteiger partial charge is 0.226 e. The summed E-state index contributed by atoms with van der Waals surface area (Å²) >= 11 is 0. The number of aryl methyl sites for hydroxylation is 2. The predicted molar refractivity (Wildman–Crippen MR) is 67.6 cm³/mol. The molecule has 0 unspecified atom stereocenters. The van der Waals surface area contributed by atoms with Crippen molar-refractivity contribution in [1.82, 2.24) is 0 Å². The van der Waals surface area contributed by atoms with E-state index in [0.717, 1.165) is 5.69 Å². The normalized spacial score (nSPS) is 10.2. The Bertz CT molecular complexity index is 354. The molecule has 16 heavy (non-hydrogen) atoms. The molecule has 88 valence electrons. The van der Waals surface area contributed by atoms with Crippen molar-refractivity contribution in [2.45, 2.75) is 27.2 Å². The van der Waals surface area contributed by atoms with E-state index in [1.54, 1.807) is 4.90 Å². The zero-order chi connectivity index (χ0) is 12.1. The van der Waals surface area contributed by atoms with Crippen molar-refractivity contribution in [2.75, 3.05) is 18.0 Å². The van der Waals surface area contributed by atoms with Gasteiger partial charge in [-0.25, -0.2) is 0 Å². The van der Waals surface area contributed by atoms with Crippen LogP contribution in [0.4, 0.5) is 5.69 Å². The highest BCUT2D eigenvalue weighted by atomic mass is 16.2. The monoisotopic (exact) mass is 220 g/mol. The molecule has 0 radical (unpaired) electrons. The minimum absolute atomic E-state index is 0.121. The highest BCUT2D eigenvalue weighted by molar-refractivity contribution is 5.93. The lowest BCUT2D eigenvalue weighted by Gasteiger charge is -2.22. The second kappa shape index (κ2) is 5.66. The van der Waals surface area contributed by atoms with Gasteiger partial charge in [-0.05, 0) is 37.1 Å². The molecule has 1 rings (SSSR count). The molecule has 0 fully saturated rings. The van der Waals surface area contributed by atoms with Crippen molar-refractivity contribution in [2.24, 2.45) is 5.73 Å². The molecular formula is C13H20N2O. The first-order valence-electron chi connectivity index (χ1n) is 5.67. The van der Waals surface area contributed by atoms with E-state index in [0.29, 0.717) is 19.5 Å². The molecule has 3 heteroatoms. The van der Waals surface area contributed by atoms with Crippen molar-refractivity contribution in [3.8, 4) is 0 Å². The second-order valence-electron chi connectivity index (χ2n) is 4.03. The maximum Gasteiger partial charge on any atom is 0.226 e. The molecule has 0 aliphatic rings. The summed E-state index contributed by atoms with van der Waals surface area (Å²) in [5, 5.41) is 0. The molecule has 0 aromatic heterocycles. The number of nitrogens with zero attached hydrogens (tertiary/aromatic N) is 1. The van der Waals surface area contributed by atoms with E-state index in [1.165, 1.54) is 11.1 Å². The molecular weight excluding hydrogens is 200 g/mol. The number of hydrogen-bond donors (Lipinski definition) is 1. The summed E-state index contributed by atoms with van der Waals surface area (Å²) in [4.78, 5) is 13.6. The Morgan fingerprint density at radius 1 is 1.25 bits per heavy atom. The topological polar surface area (TPSA) is 46.3 Å². The lowest BCUT2D eigenvalue weighted by Crippen LogP contribution is -2.34. The van der Waals surface area contributed by atoms with E-state index in [4.69, 9.17) is 5.73 Å². The Labute approximate surface area is 97.2 Å². The van der Waals surface area contributed by atoms with Crippen LogP contribution < -0.4 is 10.6 Å². The largest absolute Gasteiger partial charge is 0.329 e. The number of carbonyl (C=O) groups is 1. The SMILES string of the molecule is CCC(=O)N(CCN)c1cc(C)cc(C)c1. The van der Waals surface area contributed by atoms with Gasteiger partial charge in [0.05, 0.1) is 0 Å². The van der Waals surface area contributed by atoms with E-state index in [9.17, 15) is 4.79 Å². The van der Waals surface area contributed by atoms with Crippen LogP contribution in [0.25, 0.3) is 0 Å². The summed E-state index contributed by atoms with van der Waals surface area (Å²) in [5.41, 5.74) is 8.83. The van der Waals surface area contributed by atoms with E-state index in [2.05, 4.69) is 6.07 Å². The third-order valence-corrected chi connectivity index (χ3v) is 2.47. The molecule has 0 aliphatic heterocycles. The first kappa shape index (κ1) is 12.7. The van der Waals surface area contributed by atoms with Crippen molar-refractivity contribution >= 4 is 11.6 Å². The lowest BCUT2D eigenvalue weighted by atomic mass is 10.1. The van der Waals surface area contributed by atoms with Crippen LogP contribution in [-0.4, -0.2) is 19.0 Å². The summed E-state index contributed by atoms with van der Waals surface area (Å²) in [6.45, 7) is 7.00. The summed E-state index contributed by atoms with van der Waals surface area (Å²) in [5.74, 6) is 0.121. The van der Waals surface area contributed by atoms with Gasteiger partial charge in [0.2, 0.25) is 5.91 Å². The van der Waals surface area contributed by atoms with Gasteiger partial charge in [0.1, 0.15) is 0 Å². The van der Waals surface area contributed by atoms with Crippen LogP contribution in [0, 0.1) is 13.8 Å². The Morgan fingerprint density at radius 3 is 2.25 bits per heavy atom. The number of nitrogens with two attached hydrogens (primary N) is 1. The van der Waals surface area contributed by atoms with Crippen molar-refractivity contribution in [3.05, 3.63) is 29.3 Å².